The molecule has 0 amide bonds. The first-order valence-corrected chi connectivity index (χ1v) is 11.6. The summed E-state index contributed by atoms with van der Waals surface area (Å²) >= 11 is 0. The zero-order valence-corrected chi connectivity index (χ0v) is 17.6. The Morgan fingerprint density at radius 2 is 1.86 bits per heavy atom. The molecular weight excluding hydrogens is 386 g/mol. The summed E-state index contributed by atoms with van der Waals surface area (Å²) in [6, 6.07) is 15.4. The van der Waals surface area contributed by atoms with Crippen LogP contribution in [-0.2, 0) is 27.7 Å². The molecule has 1 fully saturated rings. The third kappa shape index (κ3) is 4.22. The van der Waals surface area contributed by atoms with Gasteiger partial charge in [0.1, 0.15) is 5.82 Å². The van der Waals surface area contributed by atoms with Crippen LogP contribution in [0.15, 0.2) is 53.4 Å². The van der Waals surface area contributed by atoms with Gasteiger partial charge in [0, 0.05) is 26.1 Å². The molecule has 0 spiro atoms. The van der Waals surface area contributed by atoms with Crippen LogP contribution in [0.2, 0.25) is 0 Å². The Morgan fingerprint density at radius 3 is 2.66 bits per heavy atom. The van der Waals surface area contributed by atoms with Crippen LogP contribution < -0.4 is 0 Å². The molecule has 0 unspecified atom stereocenters. The van der Waals surface area contributed by atoms with E-state index in [2.05, 4.69) is 17.6 Å². The van der Waals surface area contributed by atoms with Crippen molar-refractivity contribution in [2.24, 2.45) is 0 Å². The van der Waals surface area contributed by atoms with Gasteiger partial charge in [-0.05, 0) is 36.2 Å². The van der Waals surface area contributed by atoms with Gasteiger partial charge in [-0.1, -0.05) is 37.6 Å². The number of rotatable bonds is 7. The molecule has 0 aliphatic carbocycles. The number of benzene rings is 2. The normalized spacial score (nSPS) is 15.8. The number of aryl methyl sites for hydroxylation is 1. The van der Waals surface area contributed by atoms with Gasteiger partial charge >= 0.3 is 0 Å². The maximum absolute atomic E-state index is 13.0. The van der Waals surface area contributed by atoms with Crippen LogP contribution in [0.1, 0.15) is 31.2 Å². The van der Waals surface area contributed by atoms with Crippen LogP contribution in [0.4, 0.5) is 0 Å². The quantitative estimate of drug-likeness (QED) is 0.595. The van der Waals surface area contributed by atoms with Gasteiger partial charge in [0.05, 0.1) is 29.1 Å². The average Bonchev–Trinajstić information content (AvgIpc) is 3.10. The maximum atomic E-state index is 13.0. The average molecular weight is 414 g/mol. The second kappa shape index (κ2) is 8.65. The highest BCUT2D eigenvalue weighted by Gasteiger charge is 2.26. The summed E-state index contributed by atoms with van der Waals surface area (Å²) < 4.78 is 35.0. The van der Waals surface area contributed by atoms with Crippen molar-refractivity contribution in [2.45, 2.75) is 37.6 Å². The molecule has 2 aromatic carbocycles. The van der Waals surface area contributed by atoms with Crippen LogP contribution in [0.25, 0.3) is 11.0 Å². The number of ether oxygens (including phenoxy) is 1. The lowest BCUT2D eigenvalue weighted by Crippen LogP contribution is -2.40. The number of fused-ring (bicyclic) bond motifs is 1. The number of hydrogen-bond acceptors (Lipinski definition) is 4. The Balaban J connectivity index is 1.66. The number of imidazole rings is 1. The molecule has 1 aromatic heterocycles. The molecule has 0 radical (unpaired) electrons. The minimum atomic E-state index is -3.50. The number of nitrogens with zero attached hydrogens (tertiary/aromatic N) is 3. The van der Waals surface area contributed by atoms with Crippen molar-refractivity contribution in [3.8, 4) is 0 Å². The number of aromatic nitrogens is 2. The second-order valence-electron chi connectivity index (χ2n) is 7.37. The summed E-state index contributed by atoms with van der Waals surface area (Å²) in [5.74, 6) is 1.05. The third-order valence-electron chi connectivity index (χ3n) is 5.33. The summed E-state index contributed by atoms with van der Waals surface area (Å²) in [5, 5.41) is 0. The van der Waals surface area contributed by atoms with Gasteiger partial charge in [-0.3, -0.25) is 0 Å². The summed E-state index contributed by atoms with van der Waals surface area (Å²) in [7, 11) is -3.50. The number of para-hydroxylation sites is 2. The first-order valence-electron chi connectivity index (χ1n) is 10.2. The number of hydrogen-bond donors (Lipinski definition) is 0. The third-order valence-corrected chi connectivity index (χ3v) is 7.23. The van der Waals surface area contributed by atoms with Gasteiger partial charge in [0.2, 0.25) is 10.0 Å². The van der Waals surface area contributed by atoms with Crippen LogP contribution in [0.5, 0.6) is 0 Å². The summed E-state index contributed by atoms with van der Waals surface area (Å²) in [6.45, 7) is 4.47. The van der Waals surface area contributed by atoms with Crippen molar-refractivity contribution >= 4 is 21.1 Å². The molecule has 3 aromatic rings. The van der Waals surface area contributed by atoms with Crippen molar-refractivity contribution in [2.75, 3.05) is 26.3 Å². The molecule has 0 bridgehead atoms. The van der Waals surface area contributed by atoms with E-state index in [9.17, 15) is 8.42 Å². The second-order valence-corrected chi connectivity index (χ2v) is 9.31. The van der Waals surface area contributed by atoms with E-state index < -0.39 is 10.0 Å². The molecule has 154 valence electrons. The predicted molar refractivity (Wildman–Crippen MR) is 113 cm³/mol. The molecule has 1 aliphatic rings. The van der Waals surface area contributed by atoms with E-state index in [1.807, 2.05) is 30.3 Å². The minimum Gasteiger partial charge on any atom is -0.379 e. The zero-order chi connectivity index (χ0) is 20.3. The Kier molecular flexibility index (Phi) is 5.99. The topological polar surface area (TPSA) is 64.4 Å². The van der Waals surface area contributed by atoms with E-state index >= 15 is 0 Å². The van der Waals surface area contributed by atoms with Crippen LogP contribution >= 0.6 is 0 Å². The summed E-state index contributed by atoms with van der Waals surface area (Å²) in [6.07, 6.45) is 3.10. The first kappa shape index (κ1) is 20.1. The zero-order valence-electron chi connectivity index (χ0n) is 16.8. The fourth-order valence-electron chi connectivity index (χ4n) is 3.75. The lowest BCUT2D eigenvalue weighted by atomic mass is 10.2. The molecule has 1 saturated heterocycles. The Bertz CT molecular complexity index is 1090. The van der Waals surface area contributed by atoms with E-state index in [1.54, 1.807) is 12.1 Å². The molecule has 29 heavy (non-hydrogen) atoms. The van der Waals surface area contributed by atoms with Gasteiger partial charge in [0.15, 0.2) is 0 Å². The van der Waals surface area contributed by atoms with E-state index in [0.29, 0.717) is 37.7 Å². The molecule has 0 N–H and O–H groups in total. The fourth-order valence-corrected chi connectivity index (χ4v) is 5.23. The van der Waals surface area contributed by atoms with Crippen molar-refractivity contribution in [3.63, 3.8) is 0 Å². The highest BCUT2D eigenvalue weighted by molar-refractivity contribution is 7.89. The number of sulfonamides is 1. The van der Waals surface area contributed by atoms with Gasteiger partial charge in [-0.25, -0.2) is 13.4 Å². The van der Waals surface area contributed by atoms with Crippen LogP contribution in [-0.4, -0.2) is 48.6 Å². The van der Waals surface area contributed by atoms with Crippen molar-refractivity contribution in [3.05, 3.63) is 59.9 Å². The van der Waals surface area contributed by atoms with E-state index in [0.717, 1.165) is 41.7 Å². The van der Waals surface area contributed by atoms with E-state index in [4.69, 9.17) is 9.72 Å². The van der Waals surface area contributed by atoms with Crippen LogP contribution in [0.3, 0.4) is 0 Å². The lowest BCUT2D eigenvalue weighted by Gasteiger charge is -2.26. The molecular formula is C22H27N3O3S. The Hall–Kier alpha value is -2.22. The van der Waals surface area contributed by atoms with Gasteiger partial charge < -0.3 is 9.30 Å². The minimum absolute atomic E-state index is 0.344. The molecule has 0 atom stereocenters. The Morgan fingerprint density at radius 1 is 1.07 bits per heavy atom. The summed E-state index contributed by atoms with van der Waals surface area (Å²) in [5.41, 5.74) is 3.02. The highest BCUT2D eigenvalue weighted by atomic mass is 32.2. The highest BCUT2D eigenvalue weighted by Crippen LogP contribution is 2.22. The number of morpholine rings is 1. The fraction of sp³-hybridized carbons (Fsp3) is 0.409. The van der Waals surface area contributed by atoms with Crippen molar-refractivity contribution < 1.29 is 13.2 Å². The van der Waals surface area contributed by atoms with Gasteiger partial charge in [-0.2, -0.15) is 4.31 Å². The van der Waals surface area contributed by atoms with Crippen LogP contribution in [0, 0.1) is 0 Å². The number of unbranched alkanes of at least 4 members (excludes halogenated alkanes) is 1. The molecule has 4 rings (SSSR count). The standard InChI is InChI=1S/C22H27N3O3S/c1-2-3-11-22-23-20-9-4-5-10-21(20)25(22)17-18-7-6-8-19(16-18)29(26,27)24-12-14-28-15-13-24/h4-10,16H,2-3,11-15,17H2,1H3. The molecule has 0 saturated carbocycles. The molecule has 1 aliphatic heterocycles. The van der Waals surface area contributed by atoms with Gasteiger partial charge in [-0.15, -0.1) is 0 Å². The molecule has 2 heterocycles. The summed E-state index contributed by atoms with van der Waals surface area (Å²) in [4.78, 5) is 5.16. The molecule has 6 nitrogen and oxygen atoms in total. The van der Waals surface area contributed by atoms with Gasteiger partial charge in [0.25, 0.3) is 0 Å². The van der Waals surface area contributed by atoms with Crippen molar-refractivity contribution in [1.82, 2.24) is 13.9 Å². The van der Waals surface area contributed by atoms with Crippen molar-refractivity contribution in [1.29, 1.82) is 0 Å². The predicted octanol–water partition coefficient (Wildman–Crippen LogP) is 3.45. The monoisotopic (exact) mass is 413 g/mol. The smallest absolute Gasteiger partial charge is 0.243 e. The SMILES string of the molecule is CCCCc1nc2ccccc2n1Cc1cccc(S(=O)(=O)N2CCOCC2)c1. The largest absolute Gasteiger partial charge is 0.379 e. The maximum Gasteiger partial charge on any atom is 0.243 e. The first-order chi connectivity index (χ1) is 14.1. The van der Waals surface area contributed by atoms with E-state index in [-0.39, 0.29) is 0 Å². The Labute approximate surface area is 172 Å². The van der Waals surface area contributed by atoms with E-state index in [1.165, 1.54) is 4.31 Å². The molecule has 7 heteroatoms. The lowest BCUT2D eigenvalue weighted by molar-refractivity contribution is 0.0730.